The first kappa shape index (κ1) is 16.2. The number of hydrogen-bond donors (Lipinski definition) is 1. The summed E-state index contributed by atoms with van der Waals surface area (Å²) < 4.78 is 23.1. The third kappa shape index (κ3) is 3.54. The fourth-order valence-corrected chi connectivity index (χ4v) is 2.28. The highest BCUT2D eigenvalue weighted by Crippen LogP contribution is 2.18. The van der Waals surface area contributed by atoms with Crippen molar-refractivity contribution in [1.82, 2.24) is 10.2 Å². The first-order valence-electron chi connectivity index (χ1n) is 6.98. The number of imide groups is 1. The van der Waals surface area contributed by atoms with Crippen LogP contribution in [0, 0.1) is 5.82 Å². The van der Waals surface area contributed by atoms with Crippen molar-refractivity contribution < 1.29 is 23.5 Å². The summed E-state index contributed by atoms with van der Waals surface area (Å²) in [5, 5.41) is 2.63. The number of carbonyl (C=O) groups is 2. The Morgan fingerprint density at radius 3 is 2.59 bits per heavy atom. The van der Waals surface area contributed by atoms with Crippen molar-refractivity contribution in [2.24, 2.45) is 0 Å². The molecule has 1 aliphatic rings. The number of hydrogen-bond acceptors (Lipinski definition) is 4. The molecule has 120 valence electrons. The fraction of sp³-hybridized carbons (Fsp3) is 0.467. The summed E-state index contributed by atoms with van der Waals surface area (Å²) >= 11 is 0. The molecule has 0 bridgehead atoms. The molecule has 1 aromatic rings. The predicted octanol–water partition coefficient (Wildman–Crippen LogP) is 1.55. The number of nitrogens with one attached hydrogen (secondary N) is 1. The summed E-state index contributed by atoms with van der Waals surface area (Å²) in [6, 6.07) is 5.25. The zero-order chi connectivity index (χ0) is 16.2. The molecule has 22 heavy (non-hydrogen) atoms. The van der Waals surface area contributed by atoms with E-state index in [1.165, 1.54) is 31.4 Å². The van der Waals surface area contributed by atoms with Crippen LogP contribution in [-0.2, 0) is 9.53 Å². The molecule has 1 aromatic carbocycles. The van der Waals surface area contributed by atoms with Crippen LogP contribution in [0.2, 0.25) is 0 Å². The van der Waals surface area contributed by atoms with Crippen molar-refractivity contribution in [3.63, 3.8) is 0 Å². The molecule has 1 heterocycles. The minimum atomic E-state index is -1.01. The van der Waals surface area contributed by atoms with Gasteiger partial charge in [-0.05, 0) is 37.6 Å². The molecule has 0 saturated carbocycles. The summed E-state index contributed by atoms with van der Waals surface area (Å²) in [7, 11) is 1.48. The first-order chi connectivity index (χ1) is 10.5. The molecular weight excluding hydrogens is 291 g/mol. The Hall–Kier alpha value is -2.15. The van der Waals surface area contributed by atoms with Gasteiger partial charge >= 0.3 is 6.03 Å². The molecule has 0 aliphatic carbocycles. The number of ether oxygens (including phenoxy) is 2. The summed E-state index contributed by atoms with van der Waals surface area (Å²) in [5.74, 6) is -0.0898. The van der Waals surface area contributed by atoms with Crippen molar-refractivity contribution in [1.29, 1.82) is 0 Å². The zero-order valence-corrected chi connectivity index (χ0v) is 12.6. The molecule has 6 nitrogen and oxygen atoms in total. The van der Waals surface area contributed by atoms with Gasteiger partial charge in [0.1, 0.15) is 17.1 Å². The van der Waals surface area contributed by atoms with Gasteiger partial charge in [0.25, 0.3) is 5.91 Å². The van der Waals surface area contributed by atoms with Crippen LogP contribution in [-0.4, -0.2) is 49.2 Å². The second-order valence-electron chi connectivity index (χ2n) is 5.31. The number of benzene rings is 1. The van der Waals surface area contributed by atoms with E-state index in [0.29, 0.717) is 18.8 Å². The Kier molecular flexibility index (Phi) is 4.97. The van der Waals surface area contributed by atoms with E-state index in [2.05, 4.69) is 5.32 Å². The third-order valence-electron chi connectivity index (χ3n) is 3.39. The maximum Gasteiger partial charge on any atom is 0.325 e. The van der Waals surface area contributed by atoms with Crippen LogP contribution < -0.4 is 10.1 Å². The van der Waals surface area contributed by atoms with E-state index in [9.17, 15) is 14.0 Å². The lowest BCUT2D eigenvalue weighted by Gasteiger charge is -2.20. The van der Waals surface area contributed by atoms with E-state index in [4.69, 9.17) is 9.47 Å². The lowest BCUT2D eigenvalue weighted by atomic mass is 10.0. The monoisotopic (exact) mass is 310 g/mol. The largest absolute Gasteiger partial charge is 0.494 e. The van der Waals surface area contributed by atoms with Gasteiger partial charge in [0.15, 0.2) is 0 Å². The molecule has 1 fully saturated rings. The van der Waals surface area contributed by atoms with Gasteiger partial charge in [-0.15, -0.1) is 0 Å². The maximum absolute atomic E-state index is 12.7. The molecule has 0 spiro atoms. The maximum atomic E-state index is 12.7. The van der Waals surface area contributed by atoms with E-state index in [1.807, 2.05) is 0 Å². The normalized spacial score (nSPS) is 21.1. The van der Waals surface area contributed by atoms with Gasteiger partial charge < -0.3 is 14.8 Å². The standard InChI is InChI=1S/C15H19FN2O4/c1-15(10-21-2)13(19)18(14(20)17-15)8-3-9-22-12-6-4-11(16)5-7-12/h4-7H,3,8-10H2,1-2H3,(H,17,20). The van der Waals surface area contributed by atoms with Crippen molar-refractivity contribution in [3.05, 3.63) is 30.1 Å². The average Bonchev–Trinajstić information content (AvgIpc) is 2.68. The quantitative estimate of drug-likeness (QED) is 0.613. The number of halogens is 1. The van der Waals surface area contributed by atoms with Gasteiger partial charge in [0.05, 0.1) is 13.2 Å². The number of rotatable bonds is 7. The molecular formula is C15H19FN2O4. The van der Waals surface area contributed by atoms with Crippen molar-refractivity contribution in [2.75, 3.05) is 26.9 Å². The van der Waals surface area contributed by atoms with Crippen molar-refractivity contribution in [3.8, 4) is 5.75 Å². The summed E-state index contributed by atoms with van der Waals surface area (Å²) in [4.78, 5) is 25.2. The van der Waals surface area contributed by atoms with Crippen LogP contribution in [0.15, 0.2) is 24.3 Å². The first-order valence-corrected chi connectivity index (χ1v) is 6.98. The van der Waals surface area contributed by atoms with E-state index in [1.54, 1.807) is 6.92 Å². The molecule has 0 aromatic heterocycles. The van der Waals surface area contributed by atoms with Crippen LogP contribution in [0.3, 0.4) is 0 Å². The molecule has 1 atom stereocenters. The topological polar surface area (TPSA) is 67.9 Å². The van der Waals surface area contributed by atoms with Crippen LogP contribution in [0.25, 0.3) is 0 Å². The molecule has 3 amide bonds. The SMILES string of the molecule is COCC1(C)NC(=O)N(CCCOc2ccc(F)cc2)C1=O. The number of nitrogens with zero attached hydrogens (tertiary/aromatic N) is 1. The van der Waals surface area contributed by atoms with Gasteiger partial charge in [-0.2, -0.15) is 0 Å². The lowest BCUT2D eigenvalue weighted by molar-refractivity contribution is -0.132. The lowest BCUT2D eigenvalue weighted by Crippen LogP contribution is -2.48. The minimum absolute atomic E-state index is 0.125. The second-order valence-corrected chi connectivity index (χ2v) is 5.31. The number of urea groups is 1. The smallest absolute Gasteiger partial charge is 0.325 e. The van der Waals surface area contributed by atoms with Crippen LogP contribution in [0.5, 0.6) is 5.75 Å². The molecule has 0 radical (unpaired) electrons. The Balaban J connectivity index is 1.80. The highest BCUT2D eigenvalue weighted by molar-refractivity contribution is 6.06. The van der Waals surface area contributed by atoms with Gasteiger partial charge in [0, 0.05) is 13.7 Å². The molecule has 7 heteroatoms. The van der Waals surface area contributed by atoms with E-state index in [0.717, 1.165) is 4.90 Å². The third-order valence-corrected chi connectivity index (χ3v) is 3.39. The average molecular weight is 310 g/mol. The predicted molar refractivity (Wildman–Crippen MR) is 77.0 cm³/mol. The van der Waals surface area contributed by atoms with E-state index >= 15 is 0 Å². The van der Waals surface area contributed by atoms with Crippen LogP contribution in [0.1, 0.15) is 13.3 Å². The van der Waals surface area contributed by atoms with Gasteiger partial charge in [0.2, 0.25) is 0 Å². The molecule has 1 N–H and O–H groups in total. The summed E-state index contributed by atoms with van der Waals surface area (Å²) in [6.45, 7) is 2.33. The molecule has 2 rings (SSSR count). The Bertz CT molecular complexity index is 549. The Morgan fingerprint density at radius 1 is 1.27 bits per heavy atom. The van der Waals surface area contributed by atoms with Crippen LogP contribution in [0.4, 0.5) is 9.18 Å². The van der Waals surface area contributed by atoms with Crippen molar-refractivity contribution >= 4 is 11.9 Å². The molecule has 1 saturated heterocycles. The number of amides is 3. The van der Waals surface area contributed by atoms with Gasteiger partial charge in [-0.1, -0.05) is 0 Å². The Morgan fingerprint density at radius 2 is 1.95 bits per heavy atom. The Labute approximate surface area is 128 Å². The second kappa shape index (κ2) is 6.74. The van der Waals surface area contributed by atoms with Crippen molar-refractivity contribution in [2.45, 2.75) is 18.9 Å². The highest BCUT2D eigenvalue weighted by atomic mass is 19.1. The summed E-state index contributed by atoms with van der Waals surface area (Å²) in [6.07, 6.45) is 0.486. The van der Waals surface area contributed by atoms with Gasteiger partial charge in [-0.25, -0.2) is 9.18 Å². The minimum Gasteiger partial charge on any atom is -0.494 e. The van der Waals surface area contributed by atoms with Crippen LogP contribution >= 0.6 is 0 Å². The van der Waals surface area contributed by atoms with E-state index in [-0.39, 0.29) is 24.9 Å². The molecule has 1 unspecified atom stereocenters. The number of carbonyl (C=O) groups excluding carboxylic acids is 2. The number of methoxy groups -OCH3 is 1. The zero-order valence-electron chi connectivity index (χ0n) is 12.6. The highest BCUT2D eigenvalue weighted by Gasteiger charge is 2.47. The van der Waals surface area contributed by atoms with E-state index < -0.39 is 11.6 Å². The molecule has 1 aliphatic heterocycles. The summed E-state index contributed by atoms with van der Waals surface area (Å²) in [5.41, 5.74) is -1.01. The van der Waals surface area contributed by atoms with Gasteiger partial charge in [-0.3, -0.25) is 9.69 Å². The fourth-order valence-electron chi connectivity index (χ4n) is 2.28.